The van der Waals surface area contributed by atoms with E-state index >= 15 is 0 Å². The Hall–Kier alpha value is -1.38. The molecule has 144 valence electrons. The lowest BCUT2D eigenvalue weighted by atomic mass is 9.71. The fourth-order valence-corrected chi connectivity index (χ4v) is 3.22. The third-order valence-electron chi connectivity index (χ3n) is 4.96. The number of carbonyl (C=O) groups excluding carboxylic acids is 1. The number of Topliss-reactive ketones (excluding diaryl/α,β-unsaturated/α-hetero) is 1. The average Bonchev–Trinajstić information content (AvgIpc) is 2.53. The predicted octanol–water partition coefficient (Wildman–Crippen LogP) is 6.34. The van der Waals surface area contributed by atoms with E-state index in [1.54, 1.807) is 6.08 Å². The van der Waals surface area contributed by atoms with Gasteiger partial charge in [-0.25, -0.2) is 0 Å². The molecule has 0 radical (unpaired) electrons. The highest BCUT2D eigenvalue weighted by Crippen LogP contribution is 2.36. The Labute approximate surface area is 154 Å². The van der Waals surface area contributed by atoms with E-state index in [4.69, 9.17) is 0 Å². The van der Waals surface area contributed by atoms with Crippen LogP contribution in [0.15, 0.2) is 24.3 Å². The van der Waals surface area contributed by atoms with E-state index in [1.807, 2.05) is 20.8 Å². The summed E-state index contributed by atoms with van der Waals surface area (Å²) >= 11 is 0. The molecule has 0 amide bonds. The Morgan fingerprint density at radius 2 is 1.64 bits per heavy atom. The van der Waals surface area contributed by atoms with Gasteiger partial charge in [-0.2, -0.15) is 0 Å². The van der Waals surface area contributed by atoms with Crippen LogP contribution in [-0.2, 0) is 9.59 Å². The van der Waals surface area contributed by atoms with Crippen LogP contribution in [0.3, 0.4) is 0 Å². The van der Waals surface area contributed by atoms with Crippen molar-refractivity contribution < 1.29 is 14.7 Å². The lowest BCUT2D eigenvalue weighted by Gasteiger charge is -2.31. The van der Waals surface area contributed by atoms with Gasteiger partial charge in [-0.15, -0.1) is 6.58 Å². The highest BCUT2D eigenvalue weighted by molar-refractivity contribution is 5.99. The predicted molar refractivity (Wildman–Crippen MR) is 106 cm³/mol. The van der Waals surface area contributed by atoms with Crippen LogP contribution in [0.2, 0.25) is 0 Å². The molecule has 0 aromatic carbocycles. The second kappa shape index (κ2) is 12.9. The summed E-state index contributed by atoms with van der Waals surface area (Å²) in [6.45, 7) is 11.9. The van der Waals surface area contributed by atoms with Gasteiger partial charge >= 0.3 is 5.97 Å². The zero-order valence-corrected chi connectivity index (χ0v) is 16.8. The number of hydrogen-bond donors (Lipinski definition) is 1. The van der Waals surface area contributed by atoms with Crippen molar-refractivity contribution >= 4 is 11.8 Å². The van der Waals surface area contributed by atoms with Crippen LogP contribution in [0.4, 0.5) is 0 Å². The maximum absolute atomic E-state index is 12.6. The van der Waals surface area contributed by atoms with Crippen molar-refractivity contribution in [2.24, 2.45) is 11.3 Å². The molecular weight excluding hydrogens is 312 g/mol. The Kier molecular flexibility index (Phi) is 12.2. The number of ketones is 1. The number of carbonyl (C=O) groups is 2. The van der Waals surface area contributed by atoms with Gasteiger partial charge in [-0.1, -0.05) is 70.1 Å². The Bertz CT molecular complexity index is 446. The van der Waals surface area contributed by atoms with E-state index in [9.17, 15) is 14.7 Å². The molecule has 0 aliphatic carbocycles. The third-order valence-corrected chi connectivity index (χ3v) is 4.96. The molecule has 1 N–H and O–H groups in total. The molecule has 0 spiro atoms. The monoisotopic (exact) mass is 350 g/mol. The van der Waals surface area contributed by atoms with E-state index in [-0.39, 0.29) is 5.78 Å². The maximum Gasteiger partial charge on any atom is 0.314 e. The molecule has 3 heteroatoms. The Morgan fingerprint density at radius 1 is 1.08 bits per heavy atom. The number of carboxylic acid groups (broad SMARTS) is 1. The highest BCUT2D eigenvalue weighted by atomic mass is 16.4. The number of aliphatic carboxylic acids is 1. The topological polar surface area (TPSA) is 54.4 Å². The first-order chi connectivity index (χ1) is 11.8. The maximum atomic E-state index is 12.6. The van der Waals surface area contributed by atoms with Crippen LogP contribution in [0.25, 0.3) is 0 Å². The van der Waals surface area contributed by atoms with Crippen molar-refractivity contribution in [2.75, 3.05) is 0 Å². The summed E-state index contributed by atoms with van der Waals surface area (Å²) < 4.78 is 0. The SMILES string of the molecule is C=CC(C)(CCC=C(C)C)C(C(=O)O)C(=O)CCCCCCCCC. The van der Waals surface area contributed by atoms with E-state index in [2.05, 4.69) is 19.6 Å². The molecule has 0 saturated carbocycles. The molecule has 2 atom stereocenters. The average molecular weight is 351 g/mol. The Balaban J connectivity index is 4.62. The molecule has 0 saturated heterocycles. The van der Waals surface area contributed by atoms with E-state index < -0.39 is 17.3 Å². The van der Waals surface area contributed by atoms with E-state index in [0.717, 1.165) is 25.7 Å². The molecule has 0 aliphatic rings. The van der Waals surface area contributed by atoms with Crippen LogP contribution >= 0.6 is 0 Å². The molecule has 2 unspecified atom stereocenters. The summed E-state index contributed by atoms with van der Waals surface area (Å²) in [5.74, 6) is -2.16. The van der Waals surface area contributed by atoms with Crippen LogP contribution in [-0.4, -0.2) is 16.9 Å². The van der Waals surface area contributed by atoms with Gasteiger partial charge in [0.15, 0.2) is 0 Å². The van der Waals surface area contributed by atoms with Crippen molar-refractivity contribution in [1.82, 2.24) is 0 Å². The first-order valence-corrected chi connectivity index (χ1v) is 9.81. The van der Waals surface area contributed by atoms with Crippen LogP contribution in [0.1, 0.15) is 91.9 Å². The number of allylic oxidation sites excluding steroid dienone is 3. The fraction of sp³-hybridized carbons (Fsp3) is 0.727. The second-order valence-electron chi connectivity index (χ2n) is 7.64. The molecule has 0 aliphatic heterocycles. The lowest BCUT2D eigenvalue weighted by molar-refractivity contribution is -0.150. The van der Waals surface area contributed by atoms with Crippen molar-refractivity contribution in [3.63, 3.8) is 0 Å². The van der Waals surface area contributed by atoms with Crippen LogP contribution in [0, 0.1) is 11.3 Å². The first kappa shape index (κ1) is 23.6. The molecule has 0 aromatic rings. The lowest BCUT2D eigenvalue weighted by Crippen LogP contribution is -2.38. The number of rotatable bonds is 15. The smallest absolute Gasteiger partial charge is 0.314 e. The molecule has 25 heavy (non-hydrogen) atoms. The molecule has 0 aromatic heterocycles. The largest absolute Gasteiger partial charge is 0.481 e. The van der Waals surface area contributed by atoms with Crippen molar-refractivity contribution in [1.29, 1.82) is 0 Å². The van der Waals surface area contributed by atoms with Crippen molar-refractivity contribution in [3.8, 4) is 0 Å². The van der Waals surface area contributed by atoms with Gasteiger partial charge < -0.3 is 5.11 Å². The number of unbranched alkanes of at least 4 members (excludes halogenated alkanes) is 6. The zero-order valence-electron chi connectivity index (χ0n) is 16.8. The Morgan fingerprint density at radius 3 is 2.12 bits per heavy atom. The first-order valence-electron chi connectivity index (χ1n) is 9.81. The molecule has 0 rings (SSSR count). The summed E-state index contributed by atoms with van der Waals surface area (Å²) in [7, 11) is 0. The number of hydrogen-bond acceptors (Lipinski definition) is 2. The standard InChI is InChI=1S/C22H38O3/c1-6-8-9-10-11-12-13-16-19(23)20(21(24)25)22(5,7-2)17-14-15-18(3)4/h7,15,20H,2,6,8-14,16-17H2,1,3-5H3,(H,24,25). The second-order valence-corrected chi connectivity index (χ2v) is 7.64. The summed E-state index contributed by atoms with van der Waals surface area (Å²) in [5.41, 5.74) is 0.503. The summed E-state index contributed by atoms with van der Waals surface area (Å²) in [5, 5.41) is 9.63. The van der Waals surface area contributed by atoms with Crippen molar-refractivity contribution in [3.05, 3.63) is 24.3 Å². The quantitative estimate of drug-likeness (QED) is 0.213. The highest BCUT2D eigenvalue weighted by Gasteiger charge is 2.41. The molecule has 0 bridgehead atoms. The van der Waals surface area contributed by atoms with Gasteiger partial charge in [0.05, 0.1) is 0 Å². The normalized spacial score (nSPS) is 14.4. The minimum atomic E-state index is -1.02. The van der Waals surface area contributed by atoms with Crippen molar-refractivity contribution in [2.45, 2.75) is 91.9 Å². The third kappa shape index (κ3) is 9.62. The van der Waals surface area contributed by atoms with E-state index in [0.29, 0.717) is 12.8 Å². The summed E-state index contributed by atoms with van der Waals surface area (Å²) in [6.07, 6.45) is 13.4. The van der Waals surface area contributed by atoms with Crippen LogP contribution < -0.4 is 0 Å². The van der Waals surface area contributed by atoms with Gasteiger partial charge in [-0.05, 0) is 33.1 Å². The number of carboxylic acids is 1. The zero-order chi connectivity index (χ0) is 19.3. The van der Waals surface area contributed by atoms with Gasteiger partial charge in [0.25, 0.3) is 0 Å². The fourth-order valence-electron chi connectivity index (χ4n) is 3.22. The van der Waals surface area contributed by atoms with E-state index in [1.165, 1.54) is 31.3 Å². The van der Waals surface area contributed by atoms with Gasteiger partial charge in [0, 0.05) is 11.8 Å². The van der Waals surface area contributed by atoms with Gasteiger partial charge in [0.1, 0.15) is 11.7 Å². The molecule has 0 heterocycles. The van der Waals surface area contributed by atoms with Gasteiger partial charge in [-0.3, -0.25) is 9.59 Å². The minimum absolute atomic E-state index is 0.152. The molecule has 0 fully saturated rings. The van der Waals surface area contributed by atoms with Gasteiger partial charge in [0.2, 0.25) is 0 Å². The summed E-state index contributed by atoms with van der Waals surface area (Å²) in [4.78, 5) is 24.3. The van der Waals surface area contributed by atoms with Crippen LogP contribution in [0.5, 0.6) is 0 Å². The summed E-state index contributed by atoms with van der Waals surface area (Å²) in [6, 6.07) is 0. The minimum Gasteiger partial charge on any atom is -0.481 e. The molecule has 3 nitrogen and oxygen atoms in total. The molecular formula is C22H38O3.